The highest BCUT2D eigenvalue weighted by Crippen LogP contribution is 2.29. The summed E-state index contributed by atoms with van der Waals surface area (Å²) in [5, 5.41) is 1.08. The summed E-state index contributed by atoms with van der Waals surface area (Å²) in [6.07, 6.45) is 3.64. The van der Waals surface area contributed by atoms with Crippen LogP contribution < -0.4 is 0 Å². The molecule has 4 heteroatoms. The van der Waals surface area contributed by atoms with Gasteiger partial charge in [0.25, 0.3) is 0 Å². The molecule has 3 heterocycles. The highest BCUT2D eigenvalue weighted by molar-refractivity contribution is 9.10. The Labute approximate surface area is 124 Å². The molecule has 96 valence electrons. The van der Waals surface area contributed by atoms with Gasteiger partial charge in [0.2, 0.25) is 0 Å². The second kappa shape index (κ2) is 4.42. The zero-order chi connectivity index (χ0) is 13.5. The van der Waals surface area contributed by atoms with Gasteiger partial charge in [-0.3, -0.25) is 9.55 Å². The van der Waals surface area contributed by atoms with Crippen LogP contribution in [0, 0.1) is 0 Å². The largest absolute Gasteiger partial charge is 0.292 e. The van der Waals surface area contributed by atoms with E-state index in [1.54, 1.807) is 0 Å². The maximum atomic E-state index is 4.53. The van der Waals surface area contributed by atoms with Gasteiger partial charge in [-0.05, 0) is 48.5 Å². The molecule has 4 aromatic rings. The summed E-state index contributed by atoms with van der Waals surface area (Å²) in [7, 11) is 0. The monoisotopic (exact) mass is 323 g/mol. The van der Waals surface area contributed by atoms with E-state index < -0.39 is 0 Å². The molecular weight excluding hydrogens is 314 g/mol. The summed E-state index contributed by atoms with van der Waals surface area (Å²) in [5.41, 5.74) is 4.07. The predicted molar refractivity (Wildman–Crippen MR) is 84.1 cm³/mol. The van der Waals surface area contributed by atoms with Gasteiger partial charge in [0.1, 0.15) is 5.65 Å². The molecule has 0 saturated carbocycles. The van der Waals surface area contributed by atoms with Gasteiger partial charge in [0, 0.05) is 27.9 Å². The molecule has 0 fully saturated rings. The first-order chi connectivity index (χ1) is 9.84. The lowest BCUT2D eigenvalue weighted by molar-refractivity contribution is 1.13. The second-order valence-corrected chi connectivity index (χ2v) is 5.47. The van der Waals surface area contributed by atoms with Crippen molar-refractivity contribution in [2.45, 2.75) is 0 Å². The van der Waals surface area contributed by atoms with E-state index in [-0.39, 0.29) is 0 Å². The molecular formula is C16H10BrN3. The van der Waals surface area contributed by atoms with Crippen molar-refractivity contribution in [3.8, 4) is 5.69 Å². The molecule has 0 spiro atoms. The molecule has 0 saturated heterocycles. The normalized spacial score (nSPS) is 11.2. The topological polar surface area (TPSA) is 30.7 Å². The average Bonchev–Trinajstić information content (AvgIpc) is 2.83. The van der Waals surface area contributed by atoms with E-state index in [9.17, 15) is 0 Å². The summed E-state index contributed by atoms with van der Waals surface area (Å²) in [6, 6.07) is 16.3. The van der Waals surface area contributed by atoms with E-state index in [1.807, 2.05) is 36.7 Å². The lowest BCUT2D eigenvalue weighted by Crippen LogP contribution is -1.94. The van der Waals surface area contributed by atoms with E-state index >= 15 is 0 Å². The van der Waals surface area contributed by atoms with Crippen LogP contribution in [0.25, 0.3) is 27.8 Å². The number of aromatic nitrogens is 3. The van der Waals surface area contributed by atoms with Crippen molar-refractivity contribution in [2.24, 2.45) is 0 Å². The quantitative estimate of drug-likeness (QED) is 0.521. The van der Waals surface area contributed by atoms with Gasteiger partial charge in [-0.1, -0.05) is 15.9 Å². The van der Waals surface area contributed by atoms with E-state index in [0.29, 0.717) is 0 Å². The van der Waals surface area contributed by atoms with E-state index in [4.69, 9.17) is 0 Å². The fraction of sp³-hybridized carbons (Fsp3) is 0. The Morgan fingerprint density at radius 1 is 0.850 bits per heavy atom. The summed E-state index contributed by atoms with van der Waals surface area (Å²) >= 11 is 3.47. The van der Waals surface area contributed by atoms with Crippen molar-refractivity contribution in [3.63, 3.8) is 0 Å². The molecule has 0 atom stereocenters. The van der Waals surface area contributed by atoms with E-state index in [2.05, 4.69) is 54.7 Å². The third-order valence-electron chi connectivity index (χ3n) is 3.37. The minimum atomic E-state index is 0.934. The summed E-state index contributed by atoms with van der Waals surface area (Å²) < 4.78 is 3.21. The minimum absolute atomic E-state index is 0.934. The maximum Gasteiger partial charge on any atom is 0.147 e. The third-order valence-corrected chi connectivity index (χ3v) is 3.89. The number of pyridine rings is 2. The van der Waals surface area contributed by atoms with Crippen LogP contribution in [-0.2, 0) is 0 Å². The van der Waals surface area contributed by atoms with Crippen LogP contribution in [0.3, 0.4) is 0 Å². The molecule has 0 bridgehead atoms. The number of rotatable bonds is 1. The van der Waals surface area contributed by atoms with Crippen molar-refractivity contribution >= 4 is 38.0 Å². The van der Waals surface area contributed by atoms with E-state index in [1.165, 1.54) is 0 Å². The maximum absolute atomic E-state index is 4.53. The summed E-state index contributed by atoms with van der Waals surface area (Å²) in [4.78, 5) is 9.03. The third kappa shape index (κ3) is 1.65. The molecule has 0 aliphatic carbocycles. The molecule has 3 nitrogen and oxygen atoms in total. The first-order valence-corrected chi connectivity index (χ1v) is 7.10. The predicted octanol–water partition coefficient (Wildman–Crippen LogP) is 4.34. The lowest BCUT2D eigenvalue weighted by atomic mass is 10.3. The molecule has 0 N–H and O–H groups in total. The molecule has 0 aliphatic heterocycles. The van der Waals surface area contributed by atoms with Gasteiger partial charge in [0.05, 0.1) is 11.0 Å². The van der Waals surface area contributed by atoms with Crippen LogP contribution in [0.2, 0.25) is 0 Å². The summed E-state index contributed by atoms with van der Waals surface area (Å²) in [6.45, 7) is 0. The number of hydrogen-bond donors (Lipinski definition) is 0. The zero-order valence-corrected chi connectivity index (χ0v) is 12.1. The Kier molecular flexibility index (Phi) is 2.57. The molecule has 1 aromatic carbocycles. The lowest BCUT2D eigenvalue weighted by Gasteiger charge is -2.06. The number of nitrogens with zero attached hydrogens (tertiary/aromatic N) is 3. The second-order valence-electron chi connectivity index (χ2n) is 4.56. The summed E-state index contributed by atoms with van der Waals surface area (Å²) in [5.74, 6) is 0. The van der Waals surface area contributed by atoms with Crippen molar-refractivity contribution in [2.75, 3.05) is 0 Å². The van der Waals surface area contributed by atoms with E-state index in [0.717, 1.165) is 32.2 Å². The first kappa shape index (κ1) is 11.6. The average molecular weight is 324 g/mol. The zero-order valence-electron chi connectivity index (χ0n) is 10.5. The van der Waals surface area contributed by atoms with Crippen LogP contribution in [-0.4, -0.2) is 14.5 Å². The Morgan fingerprint density at radius 2 is 1.60 bits per heavy atom. The van der Waals surface area contributed by atoms with Crippen molar-refractivity contribution in [1.29, 1.82) is 0 Å². The first-order valence-electron chi connectivity index (χ1n) is 6.31. The van der Waals surface area contributed by atoms with Gasteiger partial charge in [-0.15, -0.1) is 0 Å². The smallest absolute Gasteiger partial charge is 0.147 e. The molecule has 0 amide bonds. The molecule has 0 radical (unpaired) electrons. The minimum Gasteiger partial charge on any atom is -0.292 e. The molecule has 20 heavy (non-hydrogen) atoms. The van der Waals surface area contributed by atoms with Crippen LogP contribution in [0.1, 0.15) is 0 Å². The Hall–Kier alpha value is -2.20. The molecule has 0 aliphatic rings. The fourth-order valence-electron chi connectivity index (χ4n) is 2.51. The number of halogens is 1. The number of benzene rings is 1. The SMILES string of the molecule is Brc1ccc(-n2c3cccnc3c3cccnc32)cc1. The van der Waals surface area contributed by atoms with Gasteiger partial charge >= 0.3 is 0 Å². The van der Waals surface area contributed by atoms with Gasteiger partial charge in [-0.25, -0.2) is 4.98 Å². The van der Waals surface area contributed by atoms with Gasteiger partial charge in [-0.2, -0.15) is 0 Å². The standard InChI is InChI=1S/C16H10BrN3/c17-11-5-7-12(8-6-11)20-14-4-2-9-18-15(14)13-3-1-10-19-16(13)20/h1-10H. The highest BCUT2D eigenvalue weighted by atomic mass is 79.9. The van der Waals surface area contributed by atoms with Crippen LogP contribution >= 0.6 is 15.9 Å². The molecule has 4 rings (SSSR count). The van der Waals surface area contributed by atoms with Crippen LogP contribution in [0.5, 0.6) is 0 Å². The number of hydrogen-bond acceptors (Lipinski definition) is 2. The van der Waals surface area contributed by atoms with Gasteiger partial charge < -0.3 is 0 Å². The van der Waals surface area contributed by atoms with Crippen LogP contribution in [0.15, 0.2) is 65.4 Å². The Morgan fingerprint density at radius 3 is 2.45 bits per heavy atom. The van der Waals surface area contributed by atoms with Crippen LogP contribution in [0.4, 0.5) is 0 Å². The van der Waals surface area contributed by atoms with Crippen molar-refractivity contribution in [1.82, 2.24) is 14.5 Å². The molecule has 0 unspecified atom stereocenters. The highest BCUT2D eigenvalue weighted by Gasteiger charge is 2.12. The molecule has 3 aromatic heterocycles. The van der Waals surface area contributed by atoms with Crippen molar-refractivity contribution in [3.05, 3.63) is 65.4 Å². The van der Waals surface area contributed by atoms with Crippen molar-refractivity contribution < 1.29 is 0 Å². The Bertz CT molecular complexity index is 857. The number of fused-ring (bicyclic) bond motifs is 3. The Balaban J connectivity index is 2.17. The van der Waals surface area contributed by atoms with Gasteiger partial charge in [0.15, 0.2) is 0 Å². The fourth-order valence-corrected chi connectivity index (χ4v) is 2.77.